The average molecular weight is 256 g/mol. The lowest BCUT2D eigenvalue weighted by Crippen LogP contribution is -1.97. The van der Waals surface area contributed by atoms with Crippen LogP contribution < -0.4 is 14.2 Å². The second kappa shape index (κ2) is 5.90. The molecule has 0 bridgehead atoms. The Hall–Kier alpha value is -2.24. The van der Waals surface area contributed by atoms with Crippen molar-refractivity contribution in [3.8, 4) is 17.2 Å². The molecule has 0 saturated carbocycles. The molecule has 18 heavy (non-hydrogen) atoms. The van der Waals surface area contributed by atoms with E-state index < -0.39 is 11.8 Å². The monoisotopic (exact) mass is 256 g/mol. The Morgan fingerprint density at radius 3 is 2.06 bits per heavy atom. The third-order valence-electron chi connectivity index (χ3n) is 2.22. The largest absolute Gasteiger partial charge is 0.496 e. The maximum absolute atomic E-state index is 13.1. The van der Waals surface area contributed by atoms with Crippen LogP contribution in [0.25, 0.3) is 6.08 Å². The Balaban J connectivity index is 3.34. The summed E-state index contributed by atoms with van der Waals surface area (Å²) in [7, 11) is 4.26. The van der Waals surface area contributed by atoms with Gasteiger partial charge in [0.15, 0.2) is 11.5 Å². The number of benzene rings is 1. The van der Waals surface area contributed by atoms with Crippen LogP contribution in [0.15, 0.2) is 18.0 Å². The third kappa shape index (κ3) is 2.91. The summed E-state index contributed by atoms with van der Waals surface area (Å²) in [5.41, 5.74) is 0.245. The molecular formula is C12H13FO5. The van der Waals surface area contributed by atoms with Crippen molar-refractivity contribution < 1.29 is 28.5 Å². The molecular weight excluding hydrogens is 243 g/mol. The first kappa shape index (κ1) is 13.8. The molecule has 0 amide bonds. The minimum absolute atomic E-state index is 0.245. The molecule has 0 saturated heterocycles. The fourth-order valence-electron chi connectivity index (χ4n) is 1.36. The van der Waals surface area contributed by atoms with Crippen LogP contribution in [0.3, 0.4) is 0 Å². The number of halogens is 1. The molecule has 1 aromatic rings. The SMILES string of the molecule is COc1cc(OC)c(OC)cc1C=C(F)C(=O)O. The van der Waals surface area contributed by atoms with Gasteiger partial charge in [0, 0.05) is 11.6 Å². The quantitative estimate of drug-likeness (QED) is 0.817. The molecule has 1 N–H and O–H groups in total. The second-order valence-electron chi connectivity index (χ2n) is 3.25. The van der Waals surface area contributed by atoms with Crippen molar-refractivity contribution in [2.45, 2.75) is 0 Å². The van der Waals surface area contributed by atoms with Gasteiger partial charge < -0.3 is 19.3 Å². The molecule has 6 heteroatoms. The molecule has 0 unspecified atom stereocenters. The molecule has 0 heterocycles. The summed E-state index contributed by atoms with van der Waals surface area (Å²) >= 11 is 0. The first-order chi connectivity index (χ1) is 8.53. The lowest BCUT2D eigenvalue weighted by atomic mass is 10.1. The van der Waals surface area contributed by atoms with Crippen molar-refractivity contribution in [2.75, 3.05) is 21.3 Å². The Morgan fingerprint density at radius 1 is 1.11 bits per heavy atom. The van der Waals surface area contributed by atoms with Gasteiger partial charge in [-0.1, -0.05) is 0 Å². The van der Waals surface area contributed by atoms with Crippen molar-refractivity contribution >= 4 is 12.0 Å². The van der Waals surface area contributed by atoms with Gasteiger partial charge >= 0.3 is 5.97 Å². The van der Waals surface area contributed by atoms with Gasteiger partial charge in [0.25, 0.3) is 0 Å². The average Bonchev–Trinajstić information content (AvgIpc) is 2.37. The Kier molecular flexibility index (Phi) is 4.53. The van der Waals surface area contributed by atoms with E-state index in [1.54, 1.807) is 0 Å². The topological polar surface area (TPSA) is 65.0 Å². The first-order valence-electron chi connectivity index (χ1n) is 4.94. The highest BCUT2D eigenvalue weighted by atomic mass is 19.1. The number of carbonyl (C=O) groups is 1. The third-order valence-corrected chi connectivity index (χ3v) is 2.22. The number of carboxylic acid groups (broad SMARTS) is 1. The van der Waals surface area contributed by atoms with Crippen LogP contribution in [0.5, 0.6) is 17.2 Å². The Bertz CT molecular complexity index is 482. The summed E-state index contributed by atoms with van der Waals surface area (Å²) in [4.78, 5) is 10.4. The summed E-state index contributed by atoms with van der Waals surface area (Å²) < 4.78 is 28.2. The van der Waals surface area contributed by atoms with Crippen LogP contribution in [0, 0.1) is 0 Å². The Morgan fingerprint density at radius 2 is 1.61 bits per heavy atom. The lowest BCUT2D eigenvalue weighted by Gasteiger charge is -2.12. The van der Waals surface area contributed by atoms with E-state index in [0.717, 1.165) is 6.08 Å². The van der Waals surface area contributed by atoms with Gasteiger partial charge in [-0.05, 0) is 12.1 Å². The van der Waals surface area contributed by atoms with Crippen molar-refractivity contribution in [2.24, 2.45) is 0 Å². The van der Waals surface area contributed by atoms with Crippen LogP contribution in [0.1, 0.15) is 5.56 Å². The number of methoxy groups -OCH3 is 3. The van der Waals surface area contributed by atoms with Gasteiger partial charge in [-0.3, -0.25) is 0 Å². The van der Waals surface area contributed by atoms with Gasteiger partial charge in [-0.15, -0.1) is 0 Å². The van der Waals surface area contributed by atoms with Crippen LogP contribution in [0.2, 0.25) is 0 Å². The summed E-state index contributed by atoms with van der Waals surface area (Å²) in [6.07, 6.45) is 0.850. The maximum Gasteiger partial charge on any atom is 0.364 e. The molecule has 0 aliphatic rings. The van der Waals surface area contributed by atoms with Gasteiger partial charge in [0.2, 0.25) is 5.83 Å². The number of hydrogen-bond donors (Lipinski definition) is 1. The molecule has 0 aromatic heterocycles. The number of rotatable bonds is 5. The van der Waals surface area contributed by atoms with E-state index in [1.807, 2.05) is 0 Å². The van der Waals surface area contributed by atoms with Gasteiger partial charge in [-0.2, -0.15) is 4.39 Å². The molecule has 0 radical (unpaired) electrons. The standard InChI is InChI=1S/C12H13FO5/c1-16-9-6-11(18-3)10(17-2)5-7(9)4-8(13)12(14)15/h4-6H,1-3H3,(H,14,15). The number of carboxylic acids is 1. The number of ether oxygens (including phenoxy) is 3. The minimum Gasteiger partial charge on any atom is -0.496 e. The Labute approximate surface area is 103 Å². The number of hydrogen-bond acceptors (Lipinski definition) is 4. The van der Waals surface area contributed by atoms with Crippen LogP contribution in [-0.4, -0.2) is 32.4 Å². The zero-order valence-electron chi connectivity index (χ0n) is 10.2. The maximum atomic E-state index is 13.1. The van der Waals surface area contributed by atoms with E-state index >= 15 is 0 Å². The fraction of sp³-hybridized carbons (Fsp3) is 0.250. The van der Waals surface area contributed by atoms with Crippen molar-refractivity contribution in [1.29, 1.82) is 0 Å². The van der Waals surface area contributed by atoms with E-state index in [9.17, 15) is 9.18 Å². The van der Waals surface area contributed by atoms with Crippen molar-refractivity contribution in [3.05, 3.63) is 23.5 Å². The molecule has 0 fully saturated rings. The molecule has 0 spiro atoms. The van der Waals surface area contributed by atoms with Crippen LogP contribution in [-0.2, 0) is 4.79 Å². The predicted molar refractivity (Wildman–Crippen MR) is 62.8 cm³/mol. The first-order valence-corrected chi connectivity index (χ1v) is 4.94. The minimum atomic E-state index is -1.65. The molecule has 98 valence electrons. The summed E-state index contributed by atoms with van der Waals surface area (Å²) in [5, 5.41) is 8.49. The highest BCUT2D eigenvalue weighted by Crippen LogP contribution is 2.35. The molecule has 0 atom stereocenters. The highest BCUT2D eigenvalue weighted by molar-refractivity contribution is 5.90. The lowest BCUT2D eigenvalue weighted by molar-refractivity contribution is -0.134. The van der Waals surface area contributed by atoms with E-state index in [-0.39, 0.29) is 11.3 Å². The zero-order valence-corrected chi connectivity index (χ0v) is 10.2. The van der Waals surface area contributed by atoms with Gasteiger partial charge in [-0.25, -0.2) is 4.79 Å². The second-order valence-corrected chi connectivity index (χ2v) is 3.25. The molecule has 5 nitrogen and oxygen atoms in total. The molecule has 1 rings (SSSR count). The van der Waals surface area contributed by atoms with E-state index in [4.69, 9.17) is 19.3 Å². The predicted octanol–water partition coefficient (Wildman–Crippen LogP) is 2.11. The molecule has 0 aliphatic carbocycles. The highest BCUT2D eigenvalue weighted by Gasteiger charge is 2.13. The summed E-state index contributed by atoms with van der Waals surface area (Å²) in [6, 6.07) is 2.92. The number of aliphatic carboxylic acids is 1. The van der Waals surface area contributed by atoms with E-state index in [0.29, 0.717) is 11.5 Å². The van der Waals surface area contributed by atoms with Gasteiger partial charge in [0.05, 0.1) is 21.3 Å². The van der Waals surface area contributed by atoms with E-state index in [2.05, 4.69) is 0 Å². The van der Waals surface area contributed by atoms with Gasteiger partial charge in [0.1, 0.15) is 5.75 Å². The van der Waals surface area contributed by atoms with Crippen molar-refractivity contribution in [1.82, 2.24) is 0 Å². The summed E-state index contributed by atoms with van der Waals surface area (Å²) in [5.74, 6) is -1.90. The summed E-state index contributed by atoms with van der Waals surface area (Å²) in [6.45, 7) is 0. The molecule has 0 aliphatic heterocycles. The molecule has 1 aromatic carbocycles. The van der Waals surface area contributed by atoms with E-state index in [1.165, 1.54) is 33.5 Å². The van der Waals surface area contributed by atoms with Crippen LogP contribution >= 0.6 is 0 Å². The van der Waals surface area contributed by atoms with Crippen molar-refractivity contribution in [3.63, 3.8) is 0 Å². The normalized spacial score (nSPS) is 11.0. The zero-order chi connectivity index (χ0) is 13.7. The van der Waals surface area contributed by atoms with Crippen LogP contribution in [0.4, 0.5) is 4.39 Å². The smallest absolute Gasteiger partial charge is 0.364 e. The fourth-order valence-corrected chi connectivity index (χ4v) is 1.36.